The van der Waals surface area contributed by atoms with E-state index in [-0.39, 0.29) is 5.41 Å². The molecule has 92 valence electrons. The molecule has 1 unspecified atom stereocenters. The van der Waals surface area contributed by atoms with Gasteiger partial charge in [0.1, 0.15) is 0 Å². The van der Waals surface area contributed by atoms with Crippen molar-refractivity contribution in [3.8, 4) is 0 Å². The van der Waals surface area contributed by atoms with Crippen molar-refractivity contribution in [3.63, 3.8) is 0 Å². The minimum atomic E-state index is 0.189. The van der Waals surface area contributed by atoms with Gasteiger partial charge in [0, 0.05) is 18.8 Å². The highest BCUT2D eigenvalue weighted by molar-refractivity contribution is 5.17. The van der Waals surface area contributed by atoms with Gasteiger partial charge < -0.3 is 5.32 Å². The van der Waals surface area contributed by atoms with Crippen molar-refractivity contribution in [1.29, 1.82) is 0 Å². The van der Waals surface area contributed by atoms with E-state index in [0.29, 0.717) is 6.04 Å². The fourth-order valence-electron chi connectivity index (χ4n) is 2.05. The lowest BCUT2D eigenvalue weighted by Crippen LogP contribution is -2.30. The van der Waals surface area contributed by atoms with Gasteiger partial charge in [0.2, 0.25) is 0 Å². The number of aryl methyl sites for hydroxylation is 1. The summed E-state index contributed by atoms with van der Waals surface area (Å²) in [6.45, 7) is 9.98. The molecule has 0 bridgehead atoms. The molecule has 0 saturated carbocycles. The highest BCUT2D eigenvalue weighted by atomic mass is 15.3. The Hall–Kier alpha value is -0.830. The third kappa shape index (κ3) is 3.34. The Bertz CT molecular complexity index is 315. The van der Waals surface area contributed by atoms with Gasteiger partial charge in [-0.3, -0.25) is 4.68 Å². The zero-order valence-corrected chi connectivity index (χ0v) is 11.2. The van der Waals surface area contributed by atoms with E-state index in [1.54, 1.807) is 0 Å². The van der Waals surface area contributed by atoms with Gasteiger partial charge in [-0.05, 0) is 37.8 Å². The lowest BCUT2D eigenvalue weighted by molar-refractivity contribution is 0.405. The second kappa shape index (κ2) is 5.48. The summed E-state index contributed by atoms with van der Waals surface area (Å²) in [6, 6.07) is 0.532. The van der Waals surface area contributed by atoms with Gasteiger partial charge in [-0.2, -0.15) is 5.10 Å². The molecule has 0 aliphatic rings. The highest BCUT2D eigenvalue weighted by Crippen LogP contribution is 2.27. The predicted octanol–water partition coefficient (Wildman–Crippen LogP) is 2.57. The zero-order chi connectivity index (χ0) is 12.2. The van der Waals surface area contributed by atoms with Crippen LogP contribution in [0.2, 0.25) is 0 Å². The Morgan fingerprint density at radius 1 is 1.50 bits per heavy atom. The summed E-state index contributed by atoms with van der Waals surface area (Å²) in [6.07, 6.45) is 6.46. The second-order valence-corrected chi connectivity index (χ2v) is 5.27. The standard InChI is InChI=1S/C13H25N3/c1-6-7-16-10-12(9-15-16)13(3,4)8-11(2)14-5/h9-11,14H,6-8H2,1-5H3. The van der Waals surface area contributed by atoms with Crippen molar-refractivity contribution in [2.75, 3.05) is 7.05 Å². The summed E-state index contributed by atoms with van der Waals surface area (Å²) < 4.78 is 2.04. The fraction of sp³-hybridized carbons (Fsp3) is 0.769. The van der Waals surface area contributed by atoms with Gasteiger partial charge in [-0.1, -0.05) is 20.8 Å². The quantitative estimate of drug-likeness (QED) is 0.803. The van der Waals surface area contributed by atoms with E-state index in [0.717, 1.165) is 19.4 Å². The van der Waals surface area contributed by atoms with Gasteiger partial charge in [-0.15, -0.1) is 0 Å². The van der Waals surface area contributed by atoms with Crippen LogP contribution >= 0.6 is 0 Å². The molecule has 0 aromatic carbocycles. The molecule has 0 fully saturated rings. The van der Waals surface area contributed by atoms with Crippen LogP contribution in [0.5, 0.6) is 0 Å². The molecule has 0 aliphatic heterocycles. The summed E-state index contributed by atoms with van der Waals surface area (Å²) in [7, 11) is 2.02. The fourth-order valence-corrected chi connectivity index (χ4v) is 2.05. The molecule has 1 rings (SSSR count). The van der Waals surface area contributed by atoms with Crippen molar-refractivity contribution < 1.29 is 0 Å². The van der Waals surface area contributed by atoms with E-state index in [1.165, 1.54) is 5.56 Å². The van der Waals surface area contributed by atoms with Crippen LogP contribution in [0.3, 0.4) is 0 Å². The van der Waals surface area contributed by atoms with Crippen molar-refractivity contribution in [2.45, 2.75) is 58.5 Å². The summed E-state index contributed by atoms with van der Waals surface area (Å²) in [5.74, 6) is 0. The molecule has 0 radical (unpaired) electrons. The molecule has 1 N–H and O–H groups in total. The summed E-state index contributed by atoms with van der Waals surface area (Å²) >= 11 is 0. The molecule has 0 spiro atoms. The van der Waals surface area contributed by atoms with Crippen molar-refractivity contribution >= 4 is 0 Å². The van der Waals surface area contributed by atoms with Crippen LogP contribution < -0.4 is 5.32 Å². The van der Waals surface area contributed by atoms with E-state index in [9.17, 15) is 0 Å². The van der Waals surface area contributed by atoms with Gasteiger partial charge in [-0.25, -0.2) is 0 Å². The Labute approximate surface area is 99.2 Å². The number of rotatable bonds is 6. The summed E-state index contributed by atoms with van der Waals surface area (Å²) in [5.41, 5.74) is 1.53. The first-order chi connectivity index (χ1) is 7.49. The topological polar surface area (TPSA) is 29.9 Å². The summed E-state index contributed by atoms with van der Waals surface area (Å²) in [4.78, 5) is 0. The number of aromatic nitrogens is 2. The molecular weight excluding hydrogens is 198 g/mol. The Balaban J connectivity index is 2.72. The lowest BCUT2D eigenvalue weighted by Gasteiger charge is -2.26. The largest absolute Gasteiger partial charge is 0.317 e. The third-order valence-electron chi connectivity index (χ3n) is 3.18. The molecule has 1 atom stereocenters. The van der Waals surface area contributed by atoms with Crippen LogP contribution in [0, 0.1) is 0 Å². The second-order valence-electron chi connectivity index (χ2n) is 5.27. The minimum absolute atomic E-state index is 0.189. The van der Waals surface area contributed by atoms with E-state index < -0.39 is 0 Å². The van der Waals surface area contributed by atoms with Gasteiger partial charge in [0.25, 0.3) is 0 Å². The van der Waals surface area contributed by atoms with Crippen LogP contribution in [0.4, 0.5) is 0 Å². The molecule has 16 heavy (non-hydrogen) atoms. The smallest absolute Gasteiger partial charge is 0.0527 e. The summed E-state index contributed by atoms with van der Waals surface area (Å²) in [5, 5.41) is 7.70. The van der Waals surface area contributed by atoms with Crippen LogP contribution in [-0.2, 0) is 12.0 Å². The maximum atomic E-state index is 4.40. The van der Waals surface area contributed by atoms with Crippen molar-refractivity contribution in [1.82, 2.24) is 15.1 Å². The molecular formula is C13H25N3. The number of nitrogens with one attached hydrogen (secondary N) is 1. The Kier molecular flexibility index (Phi) is 4.54. The molecule has 3 heteroatoms. The Morgan fingerprint density at radius 3 is 2.75 bits per heavy atom. The van der Waals surface area contributed by atoms with Crippen molar-refractivity contribution in [3.05, 3.63) is 18.0 Å². The van der Waals surface area contributed by atoms with Crippen LogP contribution in [0.1, 0.15) is 46.1 Å². The maximum Gasteiger partial charge on any atom is 0.0527 e. The molecule has 1 aromatic rings. The van der Waals surface area contributed by atoms with E-state index in [1.807, 2.05) is 17.9 Å². The average Bonchev–Trinajstić information content (AvgIpc) is 2.67. The van der Waals surface area contributed by atoms with E-state index in [2.05, 4.69) is 44.3 Å². The third-order valence-corrected chi connectivity index (χ3v) is 3.18. The number of hydrogen-bond acceptors (Lipinski definition) is 2. The van der Waals surface area contributed by atoms with E-state index in [4.69, 9.17) is 0 Å². The van der Waals surface area contributed by atoms with Gasteiger partial charge in [0.05, 0.1) is 6.20 Å². The van der Waals surface area contributed by atoms with Gasteiger partial charge >= 0.3 is 0 Å². The molecule has 1 heterocycles. The lowest BCUT2D eigenvalue weighted by atomic mass is 9.81. The molecule has 1 aromatic heterocycles. The van der Waals surface area contributed by atoms with Gasteiger partial charge in [0.15, 0.2) is 0 Å². The van der Waals surface area contributed by atoms with Crippen LogP contribution in [-0.4, -0.2) is 22.9 Å². The first-order valence-corrected chi connectivity index (χ1v) is 6.19. The number of nitrogens with zero attached hydrogens (tertiary/aromatic N) is 2. The normalized spacial score (nSPS) is 14.1. The molecule has 3 nitrogen and oxygen atoms in total. The molecule has 0 saturated heterocycles. The monoisotopic (exact) mass is 223 g/mol. The molecule has 0 aliphatic carbocycles. The SMILES string of the molecule is CCCn1cc(C(C)(C)CC(C)NC)cn1. The Morgan fingerprint density at radius 2 is 2.19 bits per heavy atom. The highest BCUT2D eigenvalue weighted by Gasteiger charge is 2.24. The van der Waals surface area contributed by atoms with Crippen LogP contribution in [0.15, 0.2) is 12.4 Å². The van der Waals surface area contributed by atoms with Crippen molar-refractivity contribution in [2.24, 2.45) is 0 Å². The first-order valence-electron chi connectivity index (χ1n) is 6.19. The number of hydrogen-bond donors (Lipinski definition) is 1. The minimum Gasteiger partial charge on any atom is -0.317 e. The first kappa shape index (κ1) is 13.2. The average molecular weight is 223 g/mol. The van der Waals surface area contributed by atoms with E-state index >= 15 is 0 Å². The molecule has 0 amide bonds. The zero-order valence-electron chi connectivity index (χ0n) is 11.2. The maximum absolute atomic E-state index is 4.40. The van der Waals surface area contributed by atoms with Crippen LogP contribution in [0.25, 0.3) is 0 Å². The predicted molar refractivity (Wildman–Crippen MR) is 68.7 cm³/mol.